The van der Waals surface area contributed by atoms with Crippen LogP contribution in [0, 0.1) is 0 Å². The third-order valence-corrected chi connectivity index (χ3v) is 5.97. The molecule has 0 bridgehead atoms. The predicted molar refractivity (Wildman–Crippen MR) is 100 cm³/mol. The maximum Gasteiger partial charge on any atom is 0.418 e. The summed E-state index contributed by atoms with van der Waals surface area (Å²) in [5, 5.41) is 2.06. The number of amides is 1. The van der Waals surface area contributed by atoms with E-state index in [9.17, 15) is 22.8 Å². The van der Waals surface area contributed by atoms with Crippen LogP contribution < -0.4 is 10.9 Å². The van der Waals surface area contributed by atoms with Crippen LogP contribution >= 0.6 is 22.9 Å². The van der Waals surface area contributed by atoms with E-state index in [1.165, 1.54) is 21.8 Å². The Kier molecular flexibility index (Phi) is 4.67. The van der Waals surface area contributed by atoms with E-state index in [-0.39, 0.29) is 10.6 Å². The van der Waals surface area contributed by atoms with E-state index in [1.807, 2.05) is 0 Å². The molecule has 0 aliphatic heterocycles. The molecule has 1 aliphatic rings. The zero-order chi connectivity index (χ0) is 20.1. The van der Waals surface area contributed by atoms with Gasteiger partial charge in [-0.2, -0.15) is 13.2 Å². The molecule has 3 aromatic rings. The van der Waals surface area contributed by atoms with Gasteiger partial charge in [0.2, 0.25) is 0 Å². The van der Waals surface area contributed by atoms with Gasteiger partial charge in [-0.05, 0) is 43.9 Å². The summed E-state index contributed by atoms with van der Waals surface area (Å²) in [5.41, 5.74) is -1.62. The Hall–Kier alpha value is -2.39. The second-order valence-electron chi connectivity index (χ2n) is 6.42. The molecule has 1 aromatic carbocycles. The van der Waals surface area contributed by atoms with Crippen LogP contribution in [-0.2, 0) is 19.0 Å². The van der Waals surface area contributed by atoms with E-state index < -0.39 is 28.9 Å². The molecule has 4 rings (SSSR count). The first kappa shape index (κ1) is 18.9. The summed E-state index contributed by atoms with van der Waals surface area (Å²) >= 11 is 7.05. The second-order valence-corrected chi connectivity index (χ2v) is 7.91. The quantitative estimate of drug-likeness (QED) is 0.652. The minimum absolute atomic E-state index is 0.113. The fraction of sp³-hybridized carbons (Fsp3) is 0.278. The van der Waals surface area contributed by atoms with Gasteiger partial charge >= 0.3 is 6.18 Å². The molecule has 0 atom stereocenters. The van der Waals surface area contributed by atoms with Crippen molar-refractivity contribution in [2.45, 2.75) is 31.9 Å². The maximum absolute atomic E-state index is 13.2. The van der Waals surface area contributed by atoms with Crippen molar-refractivity contribution in [2.24, 2.45) is 0 Å². The number of rotatable bonds is 2. The van der Waals surface area contributed by atoms with Crippen molar-refractivity contribution in [1.29, 1.82) is 0 Å². The van der Waals surface area contributed by atoms with Crippen molar-refractivity contribution in [3.8, 4) is 0 Å². The first-order chi connectivity index (χ1) is 13.3. The minimum Gasteiger partial charge on any atom is -0.321 e. The molecule has 0 radical (unpaired) electrons. The number of aryl methyl sites for hydroxylation is 2. The molecule has 5 nitrogen and oxygen atoms in total. The van der Waals surface area contributed by atoms with Gasteiger partial charge in [0.1, 0.15) is 5.56 Å². The summed E-state index contributed by atoms with van der Waals surface area (Å²) in [7, 11) is 0. The monoisotopic (exact) mass is 427 g/mol. The normalized spacial score (nSPS) is 14.1. The van der Waals surface area contributed by atoms with Crippen molar-refractivity contribution in [3.63, 3.8) is 0 Å². The van der Waals surface area contributed by atoms with Crippen LogP contribution in [0.2, 0.25) is 5.02 Å². The number of carbonyl (C=O) groups is 1. The smallest absolute Gasteiger partial charge is 0.321 e. The Morgan fingerprint density at radius 2 is 2.00 bits per heavy atom. The average molecular weight is 428 g/mol. The fourth-order valence-corrected chi connectivity index (χ4v) is 4.61. The van der Waals surface area contributed by atoms with Crippen LogP contribution in [0.15, 0.2) is 29.2 Å². The highest BCUT2D eigenvalue weighted by Gasteiger charge is 2.34. The van der Waals surface area contributed by atoms with E-state index in [1.54, 1.807) is 0 Å². The number of thiazole rings is 1. The van der Waals surface area contributed by atoms with Crippen LogP contribution in [0.5, 0.6) is 0 Å². The van der Waals surface area contributed by atoms with Crippen LogP contribution in [0.4, 0.5) is 18.9 Å². The Morgan fingerprint density at radius 1 is 1.25 bits per heavy atom. The maximum atomic E-state index is 13.2. The van der Waals surface area contributed by atoms with Crippen molar-refractivity contribution in [3.05, 3.63) is 61.5 Å². The van der Waals surface area contributed by atoms with Crippen molar-refractivity contribution in [1.82, 2.24) is 9.38 Å². The zero-order valence-corrected chi connectivity index (χ0v) is 15.8. The topological polar surface area (TPSA) is 63.5 Å². The Labute approximate surface area is 165 Å². The van der Waals surface area contributed by atoms with Crippen molar-refractivity contribution < 1.29 is 18.0 Å². The molecular weight excluding hydrogens is 415 g/mol. The molecule has 2 aromatic heterocycles. The number of halogens is 4. The summed E-state index contributed by atoms with van der Waals surface area (Å²) in [6.07, 6.45) is -0.0864. The van der Waals surface area contributed by atoms with Crippen molar-refractivity contribution in [2.75, 3.05) is 5.32 Å². The van der Waals surface area contributed by atoms with Gasteiger partial charge in [0.25, 0.3) is 11.5 Å². The molecule has 146 valence electrons. The molecule has 0 saturated heterocycles. The molecule has 2 heterocycles. The second kappa shape index (κ2) is 6.89. The van der Waals surface area contributed by atoms with Gasteiger partial charge < -0.3 is 5.32 Å². The summed E-state index contributed by atoms with van der Waals surface area (Å²) in [4.78, 5) is 31.1. The van der Waals surface area contributed by atoms with Gasteiger partial charge in [-0.25, -0.2) is 4.98 Å². The SMILES string of the molecule is O=C(Nc1ccc(Cl)cc1C(F)(F)F)c1cnc2sc3c(n2c1=O)CCCC3. The van der Waals surface area contributed by atoms with E-state index in [0.29, 0.717) is 11.4 Å². The molecular formula is C18H13ClF3N3O2S. The van der Waals surface area contributed by atoms with Crippen LogP contribution in [-0.4, -0.2) is 15.3 Å². The molecule has 1 aliphatic carbocycles. The van der Waals surface area contributed by atoms with E-state index in [2.05, 4.69) is 10.3 Å². The highest BCUT2D eigenvalue weighted by molar-refractivity contribution is 7.17. The number of hydrogen-bond donors (Lipinski definition) is 1. The number of nitrogens with one attached hydrogen (secondary N) is 1. The third kappa shape index (κ3) is 3.29. The zero-order valence-electron chi connectivity index (χ0n) is 14.3. The predicted octanol–water partition coefficient (Wildman–Crippen LogP) is 4.56. The van der Waals surface area contributed by atoms with Crippen LogP contribution in [0.1, 0.15) is 39.3 Å². The molecule has 0 saturated carbocycles. The van der Waals surface area contributed by atoms with Gasteiger partial charge in [-0.15, -0.1) is 11.3 Å². The fourth-order valence-electron chi connectivity index (χ4n) is 3.27. The summed E-state index contributed by atoms with van der Waals surface area (Å²) in [6.45, 7) is 0. The standard InChI is InChI=1S/C18H13ClF3N3O2S/c19-9-5-6-12(11(7-9)18(20,21)22)24-15(26)10-8-23-17-25(16(10)27)13-3-1-2-4-14(13)28-17/h5-8H,1-4H2,(H,24,26). The summed E-state index contributed by atoms with van der Waals surface area (Å²) in [5.74, 6) is -0.949. The van der Waals surface area contributed by atoms with Gasteiger partial charge in [0.05, 0.1) is 11.3 Å². The van der Waals surface area contributed by atoms with Crippen LogP contribution in [0.3, 0.4) is 0 Å². The van der Waals surface area contributed by atoms with Crippen LogP contribution in [0.25, 0.3) is 4.96 Å². The molecule has 1 amide bonds. The average Bonchev–Trinajstić information content (AvgIpc) is 3.02. The first-order valence-electron chi connectivity index (χ1n) is 8.46. The number of fused-ring (bicyclic) bond motifs is 3. The Balaban J connectivity index is 1.75. The lowest BCUT2D eigenvalue weighted by Crippen LogP contribution is -2.28. The molecule has 10 heteroatoms. The Morgan fingerprint density at radius 3 is 2.75 bits per heavy atom. The van der Waals surface area contributed by atoms with E-state index in [0.717, 1.165) is 48.2 Å². The molecule has 0 unspecified atom stereocenters. The lowest BCUT2D eigenvalue weighted by molar-refractivity contribution is -0.136. The summed E-state index contributed by atoms with van der Waals surface area (Å²) in [6, 6.07) is 3.01. The number of hydrogen-bond acceptors (Lipinski definition) is 4. The van der Waals surface area contributed by atoms with E-state index in [4.69, 9.17) is 11.6 Å². The number of benzene rings is 1. The summed E-state index contributed by atoms with van der Waals surface area (Å²) < 4.78 is 41.1. The molecule has 28 heavy (non-hydrogen) atoms. The largest absolute Gasteiger partial charge is 0.418 e. The van der Waals surface area contributed by atoms with Crippen molar-refractivity contribution >= 4 is 39.5 Å². The van der Waals surface area contributed by atoms with Gasteiger partial charge in [0.15, 0.2) is 4.96 Å². The third-order valence-electron chi connectivity index (χ3n) is 4.58. The number of aromatic nitrogens is 2. The number of carbonyl (C=O) groups excluding carboxylic acids is 1. The molecule has 0 fully saturated rings. The molecule has 0 spiro atoms. The van der Waals surface area contributed by atoms with Gasteiger partial charge in [-0.1, -0.05) is 11.6 Å². The highest BCUT2D eigenvalue weighted by Crippen LogP contribution is 2.36. The number of alkyl halides is 3. The lowest BCUT2D eigenvalue weighted by atomic mass is 10.0. The first-order valence-corrected chi connectivity index (χ1v) is 9.65. The number of anilines is 1. The highest BCUT2D eigenvalue weighted by atomic mass is 35.5. The van der Waals surface area contributed by atoms with Gasteiger partial charge in [-0.3, -0.25) is 14.0 Å². The van der Waals surface area contributed by atoms with Gasteiger partial charge in [0, 0.05) is 21.8 Å². The minimum atomic E-state index is -4.71. The number of nitrogens with zero attached hydrogens (tertiary/aromatic N) is 2. The van der Waals surface area contributed by atoms with E-state index >= 15 is 0 Å². The molecule has 1 N–H and O–H groups in total. The Bertz CT molecular complexity index is 1150. The lowest BCUT2D eigenvalue weighted by Gasteiger charge is -2.14.